The first-order valence-electron chi connectivity index (χ1n) is 5.82. The average molecular weight is 268 g/mol. The van der Waals surface area contributed by atoms with Gasteiger partial charge in [-0.2, -0.15) is 0 Å². The molecular formula is C15H12N2OS. The van der Waals surface area contributed by atoms with E-state index in [1.807, 2.05) is 48.6 Å². The van der Waals surface area contributed by atoms with Crippen LogP contribution in [-0.2, 0) is 0 Å². The Morgan fingerprint density at radius 1 is 1.21 bits per heavy atom. The third-order valence-electron chi connectivity index (χ3n) is 2.83. The Hall–Kier alpha value is -2.33. The van der Waals surface area contributed by atoms with Crippen molar-refractivity contribution in [2.75, 3.05) is 0 Å². The second-order valence-electron chi connectivity index (χ2n) is 4.13. The molecule has 94 valence electrons. The third-order valence-corrected chi connectivity index (χ3v) is 3.96. The number of amidine groups is 1. The fourth-order valence-electron chi connectivity index (χ4n) is 1.92. The predicted octanol–water partition coefficient (Wildman–Crippen LogP) is 3.95. The Bertz CT molecular complexity index is 754. The van der Waals surface area contributed by atoms with Crippen molar-refractivity contribution >= 4 is 39.4 Å². The zero-order valence-electron chi connectivity index (χ0n) is 10.1. The number of rotatable bonds is 3. The van der Waals surface area contributed by atoms with Crippen LogP contribution in [0.2, 0.25) is 0 Å². The summed E-state index contributed by atoms with van der Waals surface area (Å²) in [6.45, 7) is 0. The number of hydrogen-bond donors (Lipinski definition) is 2. The average Bonchev–Trinajstić information content (AvgIpc) is 3.05. The number of hydrogen-bond acceptors (Lipinski definition) is 3. The van der Waals surface area contributed by atoms with Crippen LogP contribution in [0.5, 0.6) is 0 Å². The first kappa shape index (κ1) is 11.7. The minimum absolute atomic E-state index is 0.113. The first-order valence-corrected chi connectivity index (χ1v) is 6.64. The zero-order valence-corrected chi connectivity index (χ0v) is 10.9. The Balaban J connectivity index is 2.06. The van der Waals surface area contributed by atoms with Crippen molar-refractivity contribution in [1.82, 2.24) is 0 Å². The lowest BCUT2D eigenvalue weighted by Gasteiger charge is -1.95. The second-order valence-corrected chi connectivity index (χ2v) is 5.22. The van der Waals surface area contributed by atoms with Crippen LogP contribution in [0.25, 0.3) is 22.2 Å². The van der Waals surface area contributed by atoms with Crippen LogP contribution in [0.1, 0.15) is 16.2 Å². The van der Waals surface area contributed by atoms with E-state index in [-0.39, 0.29) is 5.84 Å². The lowest BCUT2D eigenvalue weighted by atomic mass is 10.1. The lowest BCUT2D eigenvalue weighted by Crippen LogP contribution is -2.08. The molecule has 2 heterocycles. The highest BCUT2D eigenvalue weighted by Crippen LogP contribution is 2.29. The summed E-state index contributed by atoms with van der Waals surface area (Å²) in [6.07, 6.45) is 5.59. The molecule has 0 unspecified atom stereocenters. The van der Waals surface area contributed by atoms with Crippen LogP contribution < -0.4 is 5.73 Å². The van der Waals surface area contributed by atoms with E-state index in [4.69, 9.17) is 15.6 Å². The van der Waals surface area contributed by atoms with E-state index in [0.717, 1.165) is 26.3 Å². The molecule has 3 aromatic rings. The minimum Gasteiger partial charge on any atom is -0.465 e. The van der Waals surface area contributed by atoms with Crippen LogP contribution >= 0.6 is 11.3 Å². The summed E-state index contributed by atoms with van der Waals surface area (Å²) in [6, 6.07) is 11.8. The number of nitrogens with two attached hydrogens (primary N) is 1. The highest BCUT2D eigenvalue weighted by atomic mass is 32.1. The SMILES string of the molecule is N=C(N)c1cc2c(/C=C/c3ccco3)cccc2s1. The molecular weight excluding hydrogens is 256 g/mol. The van der Waals surface area contributed by atoms with Crippen LogP contribution in [0.15, 0.2) is 47.1 Å². The molecule has 0 atom stereocenters. The number of fused-ring (bicyclic) bond motifs is 1. The molecule has 0 saturated carbocycles. The molecule has 0 bridgehead atoms. The van der Waals surface area contributed by atoms with Crippen LogP contribution in [0.3, 0.4) is 0 Å². The summed E-state index contributed by atoms with van der Waals surface area (Å²) in [5.41, 5.74) is 6.63. The van der Waals surface area contributed by atoms with Crippen molar-refractivity contribution < 1.29 is 4.42 Å². The van der Waals surface area contributed by atoms with Crippen LogP contribution in [0, 0.1) is 5.41 Å². The van der Waals surface area contributed by atoms with Crippen LogP contribution in [-0.4, -0.2) is 5.84 Å². The molecule has 3 N–H and O–H groups in total. The van der Waals surface area contributed by atoms with Gasteiger partial charge in [0.05, 0.1) is 11.1 Å². The van der Waals surface area contributed by atoms with Gasteiger partial charge in [0, 0.05) is 10.1 Å². The fraction of sp³-hybridized carbons (Fsp3) is 0. The molecule has 0 radical (unpaired) electrons. The molecule has 4 heteroatoms. The van der Waals surface area contributed by atoms with E-state index in [9.17, 15) is 0 Å². The largest absolute Gasteiger partial charge is 0.465 e. The fourth-order valence-corrected chi connectivity index (χ4v) is 2.88. The van der Waals surface area contributed by atoms with Gasteiger partial charge >= 0.3 is 0 Å². The molecule has 3 nitrogen and oxygen atoms in total. The van der Waals surface area contributed by atoms with Gasteiger partial charge in [-0.05, 0) is 35.9 Å². The van der Waals surface area contributed by atoms with E-state index < -0.39 is 0 Å². The Morgan fingerprint density at radius 3 is 2.84 bits per heavy atom. The van der Waals surface area contributed by atoms with E-state index in [2.05, 4.69) is 0 Å². The highest BCUT2D eigenvalue weighted by molar-refractivity contribution is 7.20. The van der Waals surface area contributed by atoms with Crippen molar-refractivity contribution in [3.05, 3.63) is 58.9 Å². The predicted molar refractivity (Wildman–Crippen MR) is 80.5 cm³/mol. The van der Waals surface area contributed by atoms with Gasteiger partial charge in [0.25, 0.3) is 0 Å². The molecule has 0 aliphatic rings. The first-order chi connectivity index (χ1) is 9.24. The number of nitrogens with one attached hydrogen (secondary N) is 1. The molecule has 2 aromatic heterocycles. The minimum atomic E-state index is 0.113. The molecule has 0 aliphatic heterocycles. The standard InChI is InChI=1S/C15H12N2OS/c16-15(17)14-9-12-10(3-1-5-13(12)19-14)6-7-11-4-2-8-18-11/h1-9H,(H3,16,17)/b7-6+. The maximum atomic E-state index is 7.51. The van der Waals surface area contributed by atoms with Gasteiger partial charge in [0.2, 0.25) is 0 Å². The van der Waals surface area contributed by atoms with Gasteiger partial charge in [-0.1, -0.05) is 18.2 Å². The smallest absolute Gasteiger partial charge is 0.133 e. The molecule has 0 aliphatic carbocycles. The summed E-state index contributed by atoms with van der Waals surface area (Å²) in [5.74, 6) is 0.932. The summed E-state index contributed by atoms with van der Waals surface area (Å²) < 4.78 is 6.40. The van der Waals surface area contributed by atoms with Gasteiger partial charge in [0.1, 0.15) is 11.6 Å². The Morgan fingerprint density at radius 2 is 2.11 bits per heavy atom. The number of furan rings is 1. The van der Waals surface area contributed by atoms with Gasteiger partial charge in [-0.25, -0.2) is 0 Å². The topological polar surface area (TPSA) is 63.0 Å². The number of thiophene rings is 1. The van der Waals surface area contributed by atoms with Crippen molar-refractivity contribution in [3.8, 4) is 0 Å². The van der Waals surface area contributed by atoms with E-state index in [0.29, 0.717) is 0 Å². The summed E-state index contributed by atoms with van der Waals surface area (Å²) in [7, 11) is 0. The van der Waals surface area contributed by atoms with E-state index in [1.165, 1.54) is 11.3 Å². The van der Waals surface area contributed by atoms with E-state index >= 15 is 0 Å². The molecule has 0 amide bonds. The highest BCUT2D eigenvalue weighted by Gasteiger charge is 2.06. The molecule has 1 aromatic carbocycles. The van der Waals surface area contributed by atoms with Crippen molar-refractivity contribution in [2.24, 2.45) is 5.73 Å². The van der Waals surface area contributed by atoms with Crippen LogP contribution in [0.4, 0.5) is 0 Å². The van der Waals surface area contributed by atoms with E-state index in [1.54, 1.807) is 6.26 Å². The summed E-state index contributed by atoms with van der Waals surface area (Å²) in [5, 5.41) is 8.62. The number of nitrogen functional groups attached to an aromatic ring is 1. The Labute approximate surface area is 114 Å². The third kappa shape index (κ3) is 2.30. The molecule has 3 rings (SSSR count). The summed E-state index contributed by atoms with van der Waals surface area (Å²) in [4.78, 5) is 0.800. The van der Waals surface area contributed by atoms with Gasteiger partial charge in [-0.15, -0.1) is 11.3 Å². The molecule has 0 spiro atoms. The lowest BCUT2D eigenvalue weighted by molar-refractivity contribution is 0.557. The molecule has 19 heavy (non-hydrogen) atoms. The molecule has 0 saturated heterocycles. The number of benzene rings is 1. The van der Waals surface area contributed by atoms with Crippen molar-refractivity contribution in [1.29, 1.82) is 5.41 Å². The van der Waals surface area contributed by atoms with Crippen molar-refractivity contribution in [3.63, 3.8) is 0 Å². The normalized spacial score (nSPS) is 11.4. The van der Waals surface area contributed by atoms with Crippen molar-refractivity contribution in [2.45, 2.75) is 0 Å². The monoisotopic (exact) mass is 268 g/mol. The summed E-state index contributed by atoms with van der Waals surface area (Å²) >= 11 is 1.54. The maximum Gasteiger partial charge on any atom is 0.133 e. The van der Waals surface area contributed by atoms with Gasteiger partial charge in [-0.3, -0.25) is 5.41 Å². The second kappa shape index (κ2) is 4.74. The maximum absolute atomic E-state index is 7.51. The zero-order chi connectivity index (χ0) is 13.2. The van der Waals surface area contributed by atoms with Gasteiger partial charge in [0.15, 0.2) is 0 Å². The van der Waals surface area contributed by atoms with Gasteiger partial charge < -0.3 is 10.2 Å². The molecule has 0 fully saturated rings. The Kier molecular flexibility index (Phi) is 2.93. The quantitative estimate of drug-likeness (QED) is 0.558.